The number of hydrogen-bond acceptors (Lipinski definition) is 1. The molecule has 1 amide bonds. The highest BCUT2D eigenvalue weighted by atomic mass is 16.1. The number of aryl methyl sites for hydroxylation is 1. The number of nitrogens with one attached hydrogen (secondary N) is 1. The summed E-state index contributed by atoms with van der Waals surface area (Å²) in [6.07, 6.45) is 1.50. The van der Waals surface area contributed by atoms with E-state index in [0.29, 0.717) is 12.0 Å². The minimum Gasteiger partial charge on any atom is -0.322 e. The molecule has 0 radical (unpaired) electrons. The van der Waals surface area contributed by atoms with E-state index in [4.69, 9.17) is 0 Å². The van der Waals surface area contributed by atoms with Gasteiger partial charge in [0.15, 0.2) is 0 Å². The summed E-state index contributed by atoms with van der Waals surface area (Å²) in [4.78, 5) is 11.9. The zero-order chi connectivity index (χ0) is 13.5. The molecule has 0 aliphatic rings. The quantitative estimate of drug-likeness (QED) is 0.804. The van der Waals surface area contributed by atoms with Gasteiger partial charge in [0.25, 0.3) is 5.91 Å². The highest BCUT2D eigenvalue weighted by Crippen LogP contribution is 2.11. The molecule has 0 saturated heterocycles. The van der Waals surface area contributed by atoms with Gasteiger partial charge < -0.3 is 5.32 Å². The monoisotopic (exact) mass is 251 g/mol. The minimum atomic E-state index is -0.109. The third-order valence-corrected chi connectivity index (χ3v) is 2.91. The van der Waals surface area contributed by atoms with Crippen LogP contribution in [0.25, 0.3) is 0 Å². The molecule has 2 heteroatoms. The lowest BCUT2D eigenvalue weighted by Crippen LogP contribution is -2.14. The Morgan fingerprint density at radius 3 is 2.16 bits per heavy atom. The van der Waals surface area contributed by atoms with Gasteiger partial charge in [0.05, 0.1) is 0 Å². The van der Waals surface area contributed by atoms with E-state index in [2.05, 4.69) is 24.0 Å². The second kappa shape index (κ2) is 6.55. The van der Waals surface area contributed by atoms with Crippen LogP contribution >= 0.6 is 0 Å². The number of para-hydroxylation sites is 1. The Morgan fingerprint density at radius 2 is 1.53 bits per heavy atom. The highest BCUT2D eigenvalue weighted by molar-refractivity contribution is 6.03. The molecule has 0 spiro atoms. The van der Waals surface area contributed by atoms with Crippen LogP contribution < -0.4 is 5.32 Å². The molecule has 0 aliphatic heterocycles. The van der Waals surface area contributed by atoms with Crippen molar-refractivity contribution in [1.29, 1.82) is 0 Å². The van der Waals surface area contributed by atoms with Crippen molar-refractivity contribution in [2.75, 3.05) is 5.32 Å². The molecule has 2 aromatic carbocycles. The van der Waals surface area contributed by atoms with E-state index >= 15 is 0 Å². The van der Waals surface area contributed by atoms with Gasteiger partial charge in [0.1, 0.15) is 0 Å². The Balaban J connectivity index is 1.85. The molecule has 0 atom stereocenters. The second-order valence-corrected chi connectivity index (χ2v) is 4.41. The van der Waals surface area contributed by atoms with Gasteiger partial charge in [-0.25, -0.2) is 0 Å². The van der Waals surface area contributed by atoms with Crippen LogP contribution in [-0.2, 0) is 11.2 Å². The first-order valence-corrected chi connectivity index (χ1v) is 6.34. The average Bonchev–Trinajstić information content (AvgIpc) is 2.47. The van der Waals surface area contributed by atoms with Gasteiger partial charge in [-0.15, -0.1) is 0 Å². The number of amides is 1. The third kappa shape index (κ3) is 4.11. The molecule has 2 rings (SSSR count). The van der Waals surface area contributed by atoms with Crippen LogP contribution in [0.5, 0.6) is 0 Å². The molecule has 0 saturated carbocycles. The van der Waals surface area contributed by atoms with Gasteiger partial charge in [-0.05, 0) is 30.5 Å². The lowest BCUT2D eigenvalue weighted by atomic mass is 10.1. The van der Waals surface area contributed by atoms with Crippen molar-refractivity contribution < 1.29 is 4.79 Å². The molecule has 0 aliphatic carbocycles. The first-order valence-electron chi connectivity index (χ1n) is 6.34. The summed E-state index contributed by atoms with van der Waals surface area (Å²) in [5, 5.41) is 2.84. The fraction of sp³-hybridized carbons (Fsp3) is 0.118. The lowest BCUT2D eigenvalue weighted by Gasteiger charge is -2.07. The van der Waals surface area contributed by atoms with Crippen molar-refractivity contribution in [3.05, 3.63) is 78.4 Å². The summed E-state index contributed by atoms with van der Waals surface area (Å²) in [7, 11) is 0. The van der Waals surface area contributed by atoms with Crippen LogP contribution in [-0.4, -0.2) is 5.91 Å². The van der Waals surface area contributed by atoms with Crippen molar-refractivity contribution in [1.82, 2.24) is 0 Å². The van der Waals surface area contributed by atoms with Gasteiger partial charge >= 0.3 is 0 Å². The smallest absolute Gasteiger partial charge is 0.250 e. The number of hydrogen-bond donors (Lipinski definition) is 1. The molecular weight excluding hydrogens is 234 g/mol. The van der Waals surface area contributed by atoms with Crippen LogP contribution in [0.3, 0.4) is 0 Å². The fourth-order valence-corrected chi connectivity index (χ4v) is 1.79. The molecule has 0 heterocycles. The predicted octanol–water partition coefficient (Wildman–Crippen LogP) is 3.81. The van der Waals surface area contributed by atoms with Gasteiger partial charge in [0, 0.05) is 11.3 Å². The Morgan fingerprint density at radius 1 is 0.947 bits per heavy atom. The summed E-state index contributed by atoms with van der Waals surface area (Å²) < 4.78 is 0. The Bertz CT molecular complexity index is 546. The second-order valence-electron chi connectivity index (χ2n) is 4.41. The Kier molecular flexibility index (Phi) is 4.51. The van der Waals surface area contributed by atoms with Crippen LogP contribution in [0.4, 0.5) is 5.69 Å². The topological polar surface area (TPSA) is 29.1 Å². The maximum absolute atomic E-state index is 11.9. The van der Waals surface area contributed by atoms with Crippen molar-refractivity contribution >= 4 is 11.6 Å². The summed E-state index contributed by atoms with van der Waals surface area (Å²) in [6.45, 7) is 3.85. The Labute approximate surface area is 113 Å². The van der Waals surface area contributed by atoms with E-state index in [1.807, 2.05) is 48.5 Å². The molecule has 19 heavy (non-hydrogen) atoms. The van der Waals surface area contributed by atoms with E-state index in [0.717, 1.165) is 12.1 Å². The third-order valence-electron chi connectivity index (χ3n) is 2.91. The molecule has 2 nitrogen and oxygen atoms in total. The van der Waals surface area contributed by atoms with E-state index in [9.17, 15) is 4.79 Å². The number of carbonyl (C=O) groups excluding carboxylic acids is 1. The summed E-state index contributed by atoms with van der Waals surface area (Å²) >= 11 is 0. The van der Waals surface area contributed by atoms with E-state index in [-0.39, 0.29) is 5.91 Å². The van der Waals surface area contributed by atoms with Crippen molar-refractivity contribution in [3.63, 3.8) is 0 Å². The maximum Gasteiger partial charge on any atom is 0.250 e. The number of carbonyl (C=O) groups is 1. The highest BCUT2D eigenvalue weighted by Gasteiger charge is 2.07. The molecular formula is C17H17NO. The van der Waals surface area contributed by atoms with E-state index in [1.54, 1.807) is 0 Å². The zero-order valence-electron chi connectivity index (χ0n) is 10.8. The van der Waals surface area contributed by atoms with Crippen molar-refractivity contribution in [2.45, 2.75) is 12.8 Å². The van der Waals surface area contributed by atoms with Crippen molar-refractivity contribution in [3.8, 4) is 0 Å². The summed E-state index contributed by atoms with van der Waals surface area (Å²) in [6, 6.07) is 19.5. The molecule has 0 fully saturated rings. The van der Waals surface area contributed by atoms with Gasteiger partial charge in [-0.1, -0.05) is 55.1 Å². The number of anilines is 1. The molecule has 0 aromatic heterocycles. The molecule has 0 unspecified atom stereocenters. The van der Waals surface area contributed by atoms with Crippen LogP contribution in [0.2, 0.25) is 0 Å². The average molecular weight is 251 g/mol. The predicted molar refractivity (Wildman–Crippen MR) is 79.0 cm³/mol. The first-order chi connectivity index (χ1) is 9.25. The van der Waals surface area contributed by atoms with Gasteiger partial charge in [0.2, 0.25) is 0 Å². The van der Waals surface area contributed by atoms with Gasteiger partial charge in [-0.2, -0.15) is 0 Å². The van der Waals surface area contributed by atoms with E-state index < -0.39 is 0 Å². The van der Waals surface area contributed by atoms with Gasteiger partial charge in [-0.3, -0.25) is 4.79 Å². The number of rotatable bonds is 5. The van der Waals surface area contributed by atoms with E-state index in [1.165, 1.54) is 5.56 Å². The Hall–Kier alpha value is -2.35. The summed E-state index contributed by atoms with van der Waals surface area (Å²) in [5.74, 6) is -0.109. The molecule has 0 bridgehead atoms. The first kappa shape index (κ1) is 13.1. The largest absolute Gasteiger partial charge is 0.322 e. The minimum absolute atomic E-state index is 0.109. The standard InChI is InChI=1S/C17H17NO/c1-14(12-13-15-8-4-2-5-9-15)17(19)18-16-10-6-3-7-11-16/h2-11H,1,12-13H2,(H,18,19). The lowest BCUT2D eigenvalue weighted by molar-refractivity contribution is -0.113. The fourth-order valence-electron chi connectivity index (χ4n) is 1.79. The van der Waals surface area contributed by atoms with Crippen LogP contribution in [0.15, 0.2) is 72.8 Å². The number of benzene rings is 2. The molecule has 1 N–H and O–H groups in total. The van der Waals surface area contributed by atoms with Crippen molar-refractivity contribution in [2.24, 2.45) is 0 Å². The molecule has 96 valence electrons. The maximum atomic E-state index is 11.9. The molecule has 2 aromatic rings. The SMILES string of the molecule is C=C(CCc1ccccc1)C(=O)Nc1ccccc1. The normalized spacial score (nSPS) is 9.89. The zero-order valence-corrected chi connectivity index (χ0v) is 10.8. The van der Waals surface area contributed by atoms with Crippen LogP contribution in [0, 0.1) is 0 Å². The van der Waals surface area contributed by atoms with Crippen LogP contribution in [0.1, 0.15) is 12.0 Å². The summed E-state index contributed by atoms with van der Waals surface area (Å²) in [5.41, 5.74) is 2.62.